The maximum Gasteiger partial charge on any atom is 0.409 e. The minimum absolute atomic E-state index is 0.216. The van der Waals surface area contributed by atoms with E-state index in [9.17, 15) is 13.8 Å². The number of furan rings is 1. The van der Waals surface area contributed by atoms with Gasteiger partial charge >= 0.3 is 6.09 Å². The molecule has 0 spiro atoms. The summed E-state index contributed by atoms with van der Waals surface area (Å²) in [6.45, 7) is 3.79. The molecule has 3 rings (SSSR count). The molecular weight excluding hydrogens is 368 g/mol. The summed E-state index contributed by atoms with van der Waals surface area (Å²) < 4.78 is 22.9. The Morgan fingerprint density at radius 3 is 2.37 bits per heavy atom. The molecule has 27 heavy (non-hydrogen) atoms. The van der Waals surface area contributed by atoms with Gasteiger partial charge in [-0.15, -0.1) is 0 Å². The zero-order valence-corrected chi connectivity index (χ0v) is 15.9. The third-order valence-electron chi connectivity index (χ3n) is 4.24. The lowest BCUT2D eigenvalue weighted by molar-refractivity contribution is 0.0545. The number of hydrogen-bond acceptors (Lipinski definition) is 5. The monoisotopic (exact) mass is 390 g/mol. The molecule has 0 unspecified atom stereocenters. The fourth-order valence-electron chi connectivity index (χ4n) is 2.82. The van der Waals surface area contributed by atoms with Gasteiger partial charge in [0.05, 0.1) is 23.2 Å². The van der Waals surface area contributed by atoms with E-state index >= 15 is 0 Å². The summed E-state index contributed by atoms with van der Waals surface area (Å²) in [4.78, 5) is 28.3. The van der Waals surface area contributed by atoms with Gasteiger partial charge in [0, 0.05) is 31.1 Å². The third-order valence-corrected chi connectivity index (χ3v) is 5.59. The van der Waals surface area contributed by atoms with E-state index in [4.69, 9.17) is 9.15 Å². The molecule has 1 aliphatic heterocycles. The summed E-state index contributed by atoms with van der Waals surface area (Å²) in [5, 5.41) is 0. The summed E-state index contributed by atoms with van der Waals surface area (Å²) in [5.74, 6) is 0.717. The molecule has 1 fully saturated rings. The average Bonchev–Trinajstić information content (AvgIpc) is 3.17. The van der Waals surface area contributed by atoms with Gasteiger partial charge in [-0.25, -0.2) is 4.79 Å². The minimum atomic E-state index is -1.23. The number of rotatable bonds is 5. The van der Waals surface area contributed by atoms with E-state index in [-0.39, 0.29) is 23.5 Å². The molecule has 1 aromatic carbocycles. The van der Waals surface area contributed by atoms with Crippen LogP contribution in [0.3, 0.4) is 0 Å². The second-order valence-corrected chi connectivity index (χ2v) is 7.50. The highest BCUT2D eigenvalue weighted by atomic mass is 32.2. The molecule has 1 aliphatic rings. The molecule has 1 atom stereocenters. The van der Waals surface area contributed by atoms with Gasteiger partial charge in [-0.1, -0.05) is 18.2 Å². The number of nitrogens with zero attached hydrogens (tertiary/aromatic N) is 2. The van der Waals surface area contributed by atoms with Crippen LogP contribution in [-0.4, -0.2) is 58.8 Å². The Balaban J connectivity index is 1.56. The van der Waals surface area contributed by atoms with Crippen molar-refractivity contribution in [3.05, 3.63) is 54.0 Å². The number of hydrogen-bond donors (Lipinski definition) is 0. The summed E-state index contributed by atoms with van der Waals surface area (Å²) >= 11 is 0. The van der Waals surface area contributed by atoms with Crippen LogP contribution in [0, 0.1) is 0 Å². The zero-order chi connectivity index (χ0) is 19.2. The van der Waals surface area contributed by atoms with Gasteiger partial charge in [0.15, 0.2) is 5.76 Å². The van der Waals surface area contributed by atoms with Gasteiger partial charge in [-0.2, -0.15) is 0 Å². The first kappa shape index (κ1) is 19.2. The molecule has 144 valence electrons. The SMILES string of the molecule is CCOC(=O)N1CCN(C(=O)c2ccc(C[S@@](=O)c3ccccc3)o2)CC1. The quantitative estimate of drug-likeness (QED) is 0.784. The van der Waals surface area contributed by atoms with Crippen LogP contribution in [0.15, 0.2) is 51.8 Å². The predicted octanol–water partition coefficient (Wildman–Crippen LogP) is 2.50. The van der Waals surface area contributed by atoms with Crippen molar-refractivity contribution in [2.75, 3.05) is 32.8 Å². The van der Waals surface area contributed by atoms with Gasteiger partial charge < -0.3 is 19.0 Å². The highest BCUT2D eigenvalue weighted by Gasteiger charge is 2.27. The number of carbonyl (C=O) groups excluding carboxylic acids is 2. The van der Waals surface area contributed by atoms with E-state index in [2.05, 4.69) is 0 Å². The van der Waals surface area contributed by atoms with Crippen molar-refractivity contribution in [1.29, 1.82) is 0 Å². The number of benzene rings is 1. The summed E-state index contributed by atoms with van der Waals surface area (Å²) in [5.41, 5.74) is 0. The van der Waals surface area contributed by atoms with Crippen LogP contribution >= 0.6 is 0 Å². The Bertz CT molecular complexity index is 813. The van der Waals surface area contributed by atoms with Gasteiger partial charge in [0.2, 0.25) is 0 Å². The van der Waals surface area contributed by atoms with E-state index in [1.165, 1.54) is 0 Å². The van der Waals surface area contributed by atoms with E-state index in [1.54, 1.807) is 41.0 Å². The van der Waals surface area contributed by atoms with Crippen LogP contribution in [-0.2, 0) is 21.3 Å². The molecule has 1 aromatic heterocycles. The predicted molar refractivity (Wildman–Crippen MR) is 99.8 cm³/mol. The van der Waals surface area contributed by atoms with Crippen LogP contribution in [0.2, 0.25) is 0 Å². The number of piperazine rings is 1. The fraction of sp³-hybridized carbons (Fsp3) is 0.368. The Hall–Kier alpha value is -2.61. The van der Waals surface area contributed by atoms with Gasteiger partial charge in [0.25, 0.3) is 5.91 Å². The molecule has 0 aliphatic carbocycles. The van der Waals surface area contributed by atoms with Crippen LogP contribution in [0.5, 0.6) is 0 Å². The van der Waals surface area contributed by atoms with E-state index in [0.717, 1.165) is 4.90 Å². The maximum atomic E-state index is 12.6. The molecular formula is C19H22N2O5S. The van der Waals surface area contributed by atoms with Crippen molar-refractivity contribution in [3.63, 3.8) is 0 Å². The number of amides is 2. The lowest BCUT2D eigenvalue weighted by Crippen LogP contribution is -2.50. The van der Waals surface area contributed by atoms with Gasteiger partial charge in [-0.05, 0) is 31.2 Å². The van der Waals surface area contributed by atoms with Crippen LogP contribution in [0.25, 0.3) is 0 Å². The Labute approximate surface area is 160 Å². The second-order valence-electron chi connectivity index (χ2n) is 6.05. The maximum absolute atomic E-state index is 12.6. The molecule has 2 heterocycles. The molecule has 2 amide bonds. The van der Waals surface area contributed by atoms with E-state index in [0.29, 0.717) is 38.5 Å². The first-order chi connectivity index (χ1) is 13.1. The highest BCUT2D eigenvalue weighted by molar-refractivity contribution is 7.84. The molecule has 0 radical (unpaired) electrons. The molecule has 0 N–H and O–H groups in total. The lowest BCUT2D eigenvalue weighted by Gasteiger charge is -2.33. The summed E-state index contributed by atoms with van der Waals surface area (Å²) in [6, 6.07) is 12.4. The van der Waals surface area contributed by atoms with Crippen molar-refractivity contribution in [2.45, 2.75) is 17.6 Å². The smallest absolute Gasteiger partial charge is 0.409 e. The number of carbonyl (C=O) groups is 2. The normalized spacial score (nSPS) is 15.4. The molecule has 0 saturated carbocycles. The minimum Gasteiger partial charge on any atom is -0.455 e. The van der Waals surface area contributed by atoms with Gasteiger partial charge in [0.1, 0.15) is 5.76 Å². The van der Waals surface area contributed by atoms with E-state index < -0.39 is 10.8 Å². The average molecular weight is 390 g/mol. The largest absolute Gasteiger partial charge is 0.455 e. The van der Waals surface area contributed by atoms with Crippen molar-refractivity contribution >= 4 is 22.8 Å². The first-order valence-corrected chi connectivity index (χ1v) is 10.1. The highest BCUT2D eigenvalue weighted by Crippen LogP contribution is 2.17. The topological polar surface area (TPSA) is 80.1 Å². The second kappa shape index (κ2) is 8.85. The van der Waals surface area contributed by atoms with Crippen molar-refractivity contribution < 1.29 is 23.0 Å². The molecule has 8 heteroatoms. The van der Waals surface area contributed by atoms with Crippen LogP contribution < -0.4 is 0 Å². The molecule has 2 aromatic rings. The molecule has 0 bridgehead atoms. The fourth-order valence-corrected chi connectivity index (χ4v) is 3.86. The summed E-state index contributed by atoms with van der Waals surface area (Å²) in [6.07, 6.45) is -0.353. The van der Waals surface area contributed by atoms with Crippen molar-refractivity contribution in [3.8, 4) is 0 Å². The third kappa shape index (κ3) is 4.77. The lowest BCUT2D eigenvalue weighted by atomic mass is 10.3. The van der Waals surface area contributed by atoms with Crippen molar-refractivity contribution in [2.24, 2.45) is 0 Å². The molecule has 7 nitrogen and oxygen atoms in total. The Morgan fingerprint density at radius 2 is 1.70 bits per heavy atom. The van der Waals surface area contributed by atoms with Crippen LogP contribution in [0.4, 0.5) is 4.79 Å². The van der Waals surface area contributed by atoms with Crippen LogP contribution in [0.1, 0.15) is 23.2 Å². The summed E-state index contributed by atoms with van der Waals surface area (Å²) in [7, 11) is -1.23. The standard InChI is InChI=1S/C19H22N2O5S/c1-2-25-19(23)21-12-10-20(11-13-21)18(22)17-9-8-15(26-17)14-27(24)16-6-4-3-5-7-16/h3-9H,2,10-14H2,1H3/t27-/m1/s1. The number of ether oxygens (including phenoxy) is 1. The zero-order valence-electron chi connectivity index (χ0n) is 15.1. The van der Waals surface area contributed by atoms with Gasteiger partial charge in [-0.3, -0.25) is 9.00 Å². The molecule has 1 saturated heterocycles. The van der Waals surface area contributed by atoms with Crippen molar-refractivity contribution in [1.82, 2.24) is 9.80 Å². The van der Waals surface area contributed by atoms with E-state index in [1.807, 2.05) is 18.2 Å². The Morgan fingerprint density at radius 1 is 1.04 bits per heavy atom. The Kier molecular flexibility index (Phi) is 6.28. The first-order valence-electron chi connectivity index (χ1n) is 8.81.